The molecule has 0 unspecified atom stereocenters. The minimum atomic E-state index is 0.485. The first-order chi connectivity index (χ1) is 5.99. The average molecular weight is 246 g/mol. The van der Waals surface area contributed by atoms with Gasteiger partial charge in [0.05, 0.1) is 0 Å². The molecule has 0 saturated carbocycles. The van der Waals surface area contributed by atoms with Crippen LogP contribution >= 0.6 is 15.9 Å². The van der Waals surface area contributed by atoms with Crippen LogP contribution in [0.1, 0.15) is 33.1 Å². The Hall–Kier alpha value is 0.180. The van der Waals surface area contributed by atoms with Crippen LogP contribution in [-0.4, -0.2) is 24.5 Å². The Kier molecular flexibility index (Phi) is 3.99. The summed E-state index contributed by atoms with van der Waals surface area (Å²) in [5, 5.41) is 0. The summed E-state index contributed by atoms with van der Waals surface area (Å²) >= 11 is 3.44. The molecule has 76 valence electrons. The van der Waals surface area contributed by atoms with Gasteiger partial charge in [-0.25, -0.2) is 0 Å². The molecule has 1 nitrogen and oxygen atoms in total. The van der Waals surface area contributed by atoms with Crippen LogP contribution in [0.25, 0.3) is 0 Å². The molecule has 0 atom stereocenters. The van der Waals surface area contributed by atoms with Crippen molar-refractivity contribution in [1.82, 2.24) is 4.90 Å². The highest BCUT2D eigenvalue weighted by Crippen LogP contribution is 2.28. The van der Waals surface area contributed by atoms with Crippen molar-refractivity contribution in [3.05, 3.63) is 11.1 Å². The van der Waals surface area contributed by atoms with E-state index in [2.05, 4.69) is 41.3 Å². The molecule has 1 heterocycles. The largest absolute Gasteiger partial charge is 0.298 e. The van der Waals surface area contributed by atoms with Crippen molar-refractivity contribution in [3.8, 4) is 0 Å². The maximum absolute atomic E-state index is 3.90. The van der Waals surface area contributed by atoms with E-state index in [1.807, 2.05) is 0 Å². The van der Waals surface area contributed by atoms with E-state index in [1.54, 1.807) is 0 Å². The number of nitrogens with zero attached hydrogens (tertiary/aromatic N) is 1. The molecule has 0 bridgehead atoms. The smallest absolute Gasteiger partial charge is 0.0294 e. The van der Waals surface area contributed by atoms with Gasteiger partial charge >= 0.3 is 0 Å². The van der Waals surface area contributed by atoms with Crippen LogP contribution < -0.4 is 0 Å². The maximum Gasteiger partial charge on any atom is 0.0294 e. The van der Waals surface area contributed by atoms with Gasteiger partial charge < -0.3 is 0 Å². The zero-order chi connectivity index (χ0) is 9.90. The van der Waals surface area contributed by atoms with Gasteiger partial charge in [-0.2, -0.15) is 0 Å². The van der Waals surface area contributed by atoms with Gasteiger partial charge in [-0.1, -0.05) is 42.8 Å². The predicted molar refractivity (Wildman–Crippen MR) is 62.1 cm³/mol. The summed E-state index contributed by atoms with van der Waals surface area (Å²) in [4.78, 5) is 2.50. The molecule has 0 aromatic carbocycles. The Bertz CT molecular complexity index is 187. The molecule has 13 heavy (non-hydrogen) atoms. The van der Waals surface area contributed by atoms with Gasteiger partial charge in [0.25, 0.3) is 0 Å². The number of halogens is 1. The van der Waals surface area contributed by atoms with Crippen molar-refractivity contribution in [1.29, 1.82) is 0 Å². The van der Waals surface area contributed by atoms with Crippen molar-refractivity contribution in [3.63, 3.8) is 0 Å². The average Bonchev–Trinajstić information content (AvgIpc) is 2.09. The molecule has 0 aromatic rings. The Morgan fingerprint density at radius 2 is 2.15 bits per heavy atom. The molecule has 0 spiro atoms. The van der Waals surface area contributed by atoms with E-state index >= 15 is 0 Å². The minimum Gasteiger partial charge on any atom is -0.298 e. The summed E-state index contributed by atoms with van der Waals surface area (Å²) in [6.07, 6.45) is 4.07. The van der Waals surface area contributed by atoms with Crippen molar-refractivity contribution >= 4 is 15.9 Å². The predicted octanol–water partition coefficient (Wildman–Crippen LogP) is 3.41. The van der Waals surface area contributed by atoms with Crippen LogP contribution in [0.5, 0.6) is 0 Å². The van der Waals surface area contributed by atoms with Gasteiger partial charge in [-0.05, 0) is 24.8 Å². The summed E-state index contributed by atoms with van der Waals surface area (Å²) in [6.45, 7) is 12.1. The van der Waals surface area contributed by atoms with Gasteiger partial charge in [-0.3, -0.25) is 4.90 Å². The summed E-state index contributed by atoms with van der Waals surface area (Å²) in [5.74, 6) is 0. The first kappa shape index (κ1) is 11.3. The van der Waals surface area contributed by atoms with Crippen LogP contribution in [0.4, 0.5) is 0 Å². The van der Waals surface area contributed by atoms with E-state index in [0.29, 0.717) is 5.41 Å². The Morgan fingerprint density at radius 1 is 1.46 bits per heavy atom. The zero-order valence-corrected chi connectivity index (χ0v) is 10.4. The number of hydrogen-bond acceptors (Lipinski definition) is 1. The van der Waals surface area contributed by atoms with Crippen LogP contribution in [0.3, 0.4) is 0 Å². The third-order valence-corrected chi connectivity index (χ3v) is 2.88. The van der Waals surface area contributed by atoms with Crippen LogP contribution in [0.15, 0.2) is 11.1 Å². The summed E-state index contributed by atoms with van der Waals surface area (Å²) in [7, 11) is 0. The van der Waals surface area contributed by atoms with Crippen molar-refractivity contribution in [2.75, 3.05) is 19.6 Å². The Balaban J connectivity index is 2.49. The molecule has 1 fully saturated rings. The van der Waals surface area contributed by atoms with Crippen molar-refractivity contribution < 1.29 is 0 Å². The summed E-state index contributed by atoms with van der Waals surface area (Å²) < 4.78 is 1.10. The third-order valence-electron chi connectivity index (χ3n) is 2.62. The van der Waals surface area contributed by atoms with Gasteiger partial charge in [0.2, 0.25) is 0 Å². The maximum atomic E-state index is 3.90. The molecular formula is C11H20BrN. The van der Waals surface area contributed by atoms with Crippen LogP contribution in [0, 0.1) is 5.41 Å². The van der Waals surface area contributed by atoms with E-state index in [0.717, 1.165) is 11.0 Å². The Labute approximate surface area is 90.3 Å². The van der Waals surface area contributed by atoms with Crippen LogP contribution in [0.2, 0.25) is 0 Å². The highest BCUT2D eigenvalue weighted by Gasteiger charge is 2.24. The van der Waals surface area contributed by atoms with Gasteiger partial charge in [0.15, 0.2) is 0 Å². The molecule has 1 rings (SSSR count). The Morgan fingerprint density at radius 3 is 2.77 bits per heavy atom. The number of likely N-dealkylation sites (tertiary alicyclic amines) is 1. The summed E-state index contributed by atoms with van der Waals surface area (Å²) in [6, 6.07) is 0. The highest BCUT2D eigenvalue weighted by atomic mass is 79.9. The normalized spacial score (nSPS) is 23.9. The topological polar surface area (TPSA) is 3.24 Å². The number of hydrogen-bond donors (Lipinski definition) is 0. The van der Waals surface area contributed by atoms with Crippen molar-refractivity contribution in [2.45, 2.75) is 33.1 Å². The lowest BCUT2D eigenvalue weighted by Gasteiger charge is -2.29. The zero-order valence-electron chi connectivity index (χ0n) is 8.77. The molecule has 0 aliphatic carbocycles. The second-order valence-electron chi connectivity index (χ2n) is 4.85. The lowest BCUT2D eigenvalue weighted by Crippen LogP contribution is -2.33. The minimum absolute atomic E-state index is 0.485. The van der Waals surface area contributed by atoms with E-state index in [4.69, 9.17) is 0 Å². The van der Waals surface area contributed by atoms with Gasteiger partial charge in [0.1, 0.15) is 0 Å². The summed E-state index contributed by atoms with van der Waals surface area (Å²) in [5.41, 5.74) is 0.485. The standard InChI is InChI=1S/C11H20BrN/c1-10(12)8-13-7-5-4-6-11(2,3)9-13/h1,4-9H2,2-3H3. The third kappa shape index (κ3) is 4.28. The van der Waals surface area contributed by atoms with E-state index in [9.17, 15) is 0 Å². The first-order valence-corrected chi connectivity index (χ1v) is 5.84. The first-order valence-electron chi connectivity index (χ1n) is 5.05. The quantitative estimate of drug-likeness (QED) is 0.721. The van der Waals surface area contributed by atoms with Gasteiger partial charge in [0, 0.05) is 17.6 Å². The molecule has 0 amide bonds. The van der Waals surface area contributed by atoms with Crippen LogP contribution in [-0.2, 0) is 0 Å². The van der Waals surface area contributed by atoms with Gasteiger partial charge in [-0.15, -0.1) is 0 Å². The molecular weight excluding hydrogens is 226 g/mol. The molecule has 2 heteroatoms. The molecule has 1 aliphatic heterocycles. The fraction of sp³-hybridized carbons (Fsp3) is 0.818. The molecule has 1 aliphatic rings. The lowest BCUT2D eigenvalue weighted by atomic mass is 9.88. The lowest BCUT2D eigenvalue weighted by molar-refractivity contribution is 0.210. The van der Waals surface area contributed by atoms with E-state index in [-0.39, 0.29) is 0 Å². The fourth-order valence-corrected chi connectivity index (χ4v) is 2.43. The second kappa shape index (κ2) is 4.61. The molecule has 0 aromatic heterocycles. The monoisotopic (exact) mass is 245 g/mol. The van der Waals surface area contributed by atoms with E-state index < -0.39 is 0 Å². The molecule has 0 radical (unpaired) electrons. The molecule has 1 saturated heterocycles. The fourth-order valence-electron chi connectivity index (χ4n) is 2.08. The second-order valence-corrected chi connectivity index (χ2v) is 5.97. The number of rotatable bonds is 2. The van der Waals surface area contributed by atoms with E-state index in [1.165, 1.54) is 32.4 Å². The highest BCUT2D eigenvalue weighted by molar-refractivity contribution is 9.11. The SMILES string of the molecule is C=C(Br)CN1CCCCC(C)(C)C1. The van der Waals surface area contributed by atoms with Crippen molar-refractivity contribution in [2.24, 2.45) is 5.41 Å². The molecule has 0 N–H and O–H groups in total.